The first-order chi connectivity index (χ1) is 10.0. The number of hydrogen-bond donors (Lipinski definition) is 2. The zero-order valence-electron chi connectivity index (χ0n) is 12.3. The highest BCUT2D eigenvalue weighted by Gasteiger charge is 2.20. The molecule has 1 aliphatic rings. The molecule has 1 aliphatic carbocycles. The molecule has 3 nitrogen and oxygen atoms in total. The quantitative estimate of drug-likeness (QED) is 0.807. The third-order valence-electron chi connectivity index (χ3n) is 3.87. The van der Waals surface area contributed by atoms with Gasteiger partial charge in [0.1, 0.15) is 5.82 Å². The Kier molecular flexibility index (Phi) is 6.45. The van der Waals surface area contributed by atoms with Gasteiger partial charge in [-0.25, -0.2) is 4.39 Å². The standard InChI is InChI=1S/C16H23BrFNO2/c1-11-3-2-4-14(7-11)21-10-13(20)9-19-16-6-5-12(18)8-15(16)17/h5-6,8,11,13-14,19-20H,2-4,7,9-10H2,1H3. The van der Waals surface area contributed by atoms with Gasteiger partial charge in [-0.15, -0.1) is 0 Å². The van der Waals surface area contributed by atoms with Gasteiger partial charge in [-0.2, -0.15) is 0 Å². The van der Waals surface area contributed by atoms with Crippen LogP contribution in [0, 0.1) is 11.7 Å². The van der Waals surface area contributed by atoms with Gasteiger partial charge in [0.05, 0.1) is 18.8 Å². The van der Waals surface area contributed by atoms with Crippen molar-refractivity contribution in [2.75, 3.05) is 18.5 Å². The summed E-state index contributed by atoms with van der Waals surface area (Å²) in [7, 11) is 0. The normalized spacial score (nSPS) is 23.8. The number of rotatable bonds is 6. The summed E-state index contributed by atoms with van der Waals surface area (Å²) in [4.78, 5) is 0. The van der Waals surface area contributed by atoms with Crippen molar-refractivity contribution in [3.8, 4) is 0 Å². The van der Waals surface area contributed by atoms with E-state index in [1.807, 2.05) is 0 Å². The molecule has 118 valence electrons. The van der Waals surface area contributed by atoms with Crippen molar-refractivity contribution >= 4 is 21.6 Å². The fourth-order valence-corrected chi connectivity index (χ4v) is 3.19. The van der Waals surface area contributed by atoms with Gasteiger partial charge < -0.3 is 15.2 Å². The molecule has 0 spiro atoms. The zero-order chi connectivity index (χ0) is 15.2. The summed E-state index contributed by atoms with van der Waals surface area (Å²) >= 11 is 3.29. The van der Waals surface area contributed by atoms with Crippen molar-refractivity contribution in [3.05, 3.63) is 28.5 Å². The Balaban J connectivity index is 1.70. The lowest BCUT2D eigenvalue weighted by Crippen LogP contribution is -2.30. The maximum Gasteiger partial charge on any atom is 0.124 e. The van der Waals surface area contributed by atoms with Crippen molar-refractivity contribution in [2.24, 2.45) is 5.92 Å². The van der Waals surface area contributed by atoms with Crippen molar-refractivity contribution in [2.45, 2.75) is 44.8 Å². The molecule has 1 fully saturated rings. The van der Waals surface area contributed by atoms with Crippen LogP contribution in [0.1, 0.15) is 32.6 Å². The number of anilines is 1. The molecule has 2 N–H and O–H groups in total. The first-order valence-corrected chi connectivity index (χ1v) is 8.32. The van der Waals surface area contributed by atoms with E-state index >= 15 is 0 Å². The number of aliphatic hydroxyl groups is 1. The predicted octanol–water partition coefficient (Wildman–Crippen LogP) is 3.96. The topological polar surface area (TPSA) is 41.5 Å². The van der Waals surface area contributed by atoms with E-state index in [0.29, 0.717) is 23.5 Å². The molecule has 0 heterocycles. The van der Waals surface area contributed by atoms with Gasteiger partial charge in [-0.1, -0.05) is 19.8 Å². The van der Waals surface area contributed by atoms with Crippen LogP contribution in [-0.4, -0.2) is 30.5 Å². The predicted molar refractivity (Wildman–Crippen MR) is 86.0 cm³/mol. The van der Waals surface area contributed by atoms with E-state index in [9.17, 15) is 9.50 Å². The summed E-state index contributed by atoms with van der Waals surface area (Å²) in [6.07, 6.45) is 4.38. The molecule has 1 aromatic carbocycles. The van der Waals surface area contributed by atoms with Crippen LogP contribution in [0.25, 0.3) is 0 Å². The SMILES string of the molecule is CC1CCCC(OCC(O)CNc2ccc(F)cc2Br)C1. The summed E-state index contributed by atoms with van der Waals surface area (Å²) < 4.78 is 19.4. The molecule has 3 atom stereocenters. The Morgan fingerprint density at radius 2 is 2.29 bits per heavy atom. The van der Waals surface area contributed by atoms with E-state index in [1.54, 1.807) is 6.07 Å². The fraction of sp³-hybridized carbons (Fsp3) is 0.625. The Morgan fingerprint density at radius 3 is 3.00 bits per heavy atom. The number of ether oxygens (including phenoxy) is 1. The molecule has 5 heteroatoms. The minimum Gasteiger partial charge on any atom is -0.389 e. The second-order valence-corrected chi connectivity index (χ2v) is 6.74. The lowest BCUT2D eigenvalue weighted by molar-refractivity contribution is -0.0274. The van der Waals surface area contributed by atoms with E-state index < -0.39 is 6.10 Å². The average Bonchev–Trinajstić information content (AvgIpc) is 2.44. The van der Waals surface area contributed by atoms with Gasteiger partial charge in [-0.3, -0.25) is 0 Å². The lowest BCUT2D eigenvalue weighted by Gasteiger charge is -2.27. The Morgan fingerprint density at radius 1 is 1.48 bits per heavy atom. The van der Waals surface area contributed by atoms with E-state index in [-0.39, 0.29) is 11.9 Å². The number of nitrogens with one attached hydrogen (secondary N) is 1. The first kappa shape index (κ1) is 16.7. The summed E-state index contributed by atoms with van der Waals surface area (Å²) in [5.74, 6) is 0.428. The van der Waals surface area contributed by atoms with Crippen molar-refractivity contribution in [1.29, 1.82) is 0 Å². The number of aliphatic hydroxyl groups excluding tert-OH is 1. The van der Waals surface area contributed by atoms with E-state index in [4.69, 9.17) is 4.74 Å². The summed E-state index contributed by atoms with van der Waals surface area (Å²) in [6, 6.07) is 4.43. The van der Waals surface area contributed by atoms with Crippen LogP contribution in [-0.2, 0) is 4.74 Å². The van der Waals surface area contributed by atoms with Crippen LogP contribution in [0.3, 0.4) is 0 Å². The van der Waals surface area contributed by atoms with Crippen LogP contribution in [0.4, 0.5) is 10.1 Å². The van der Waals surface area contributed by atoms with E-state index in [0.717, 1.165) is 18.5 Å². The van der Waals surface area contributed by atoms with Gasteiger partial charge in [0.15, 0.2) is 0 Å². The van der Waals surface area contributed by atoms with Crippen molar-refractivity contribution in [1.82, 2.24) is 0 Å². The average molecular weight is 360 g/mol. The van der Waals surface area contributed by atoms with Crippen LogP contribution in [0.2, 0.25) is 0 Å². The Hall–Kier alpha value is -0.650. The fourth-order valence-electron chi connectivity index (χ4n) is 2.70. The summed E-state index contributed by atoms with van der Waals surface area (Å²) in [6.45, 7) is 2.97. The molecule has 0 bridgehead atoms. The maximum absolute atomic E-state index is 13.0. The van der Waals surface area contributed by atoms with E-state index in [2.05, 4.69) is 28.2 Å². The Bertz CT molecular complexity index is 458. The second kappa shape index (κ2) is 8.11. The maximum atomic E-state index is 13.0. The highest BCUT2D eigenvalue weighted by molar-refractivity contribution is 9.10. The van der Waals surface area contributed by atoms with Gasteiger partial charge in [0, 0.05) is 16.7 Å². The van der Waals surface area contributed by atoms with Crippen LogP contribution >= 0.6 is 15.9 Å². The third kappa shape index (κ3) is 5.57. The molecule has 21 heavy (non-hydrogen) atoms. The number of halogens is 2. The Labute approximate surface area is 134 Å². The van der Waals surface area contributed by atoms with Gasteiger partial charge in [0.2, 0.25) is 0 Å². The molecular weight excluding hydrogens is 337 g/mol. The molecule has 2 rings (SSSR count). The second-order valence-electron chi connectivity index (χ2n) is 5.89. The lowest BCUT2D eigenvalue weighted by atomic mass is 9.89. The molecule has 0 saturated heterocycles. The third-order valence-corrected chi connectivity index (χ3v) is 4.53. The van der Waals surface area contributed by atoms with Crippen LogP contribution < -0.4 is 5.32 Å². The molecule has 1 saturated carbocycles. The zero-order valence-corrected chi connectivity index (χ0v) is 13.9. The molecule has 1 aromatic rings. The molecule has 0 aromatic heterocycles. The minimum absolute atomic E-state index is 0.279. The molecular formula is C16H23BrFNO2. The first-order valence-electron chi connectivity index (χ1n) is 7.53. The van der Waals surface area contributed by atoms with Crippen molar-refractivity contribution in [3.63, 3.8) is 0 Å². The van der Waals surface area contributed by atoms with Crippen molar-refractivity contribution < 1.29 is 14.2 Å². The number of hydrogen-bond acceptors (Lipinski definition) is 3. The van der Waals surface area contributed by atoms with Crippen LogP contribution in [0.15, 0.2) is 22.7 Å². The summed E-state index contributed by atoms with van der Waals surface area (Å²) in [5.41, 5.74) is 0.765. The van der Waals surface area contributed by atoms with Gasteiger partial charge in [-0.05, 0) is 52.9 Å². The highest BCUT2D eigenvalue weighted by atomic mass is 79.9. The molecule has 3 unspecified atom stereocenters. The van der Waals surface area contributed by atoms with Gasteiger partial charge >= 0.3 is 0 Å². The van der Waals surface area contributed by atoms with E-state index in [1.165, 1.54) is 25.0 Å². The smallest absolute Gasteiger partial charge is 0.124 e. The highest BCUT2D eigenvalue weighted by Crippen LogP contribution is 2.26. The molecule has 0 amide bonds. The molecule has 0 aliphatic heterocycles. The van der Waals surface area contributed by atoms with Crippen LogP contribution in [0.5, 0.6) is 0 Å². The van der Waals surface area contributed by atoms with Gasteiger partial charge in [0.25, 0.3) is 0 Å². The summed E-state index contributed by atoms with van der Waals surface area (Å²) in [5, 5.41) is 13.1. The molecule has 0 radical (unpaired) electrons. The monoisotopic (exact) mass is 359 g/mol. The number of benzene rings is 1. The largest absolute Gasteiger partial charge is 0.389 e. The minimum atomic E-state index is -0.570.